The fraction of sp³-hybridized carbons (Fsp3) is 0.935. The van der Waals surface area contributed by atoms with E-state index in [4.69, 9.17) is 4.74 Å². The first-order chi connectivity index (χ1) is 14.9. The van der Waals surface area contributed by atoms with Crippen molar-refractivity contribution in [3.8, 4) is 0 Å². The molecule has 0 saturated heterocycles. The second-order valence-electron chi connectivity index (χ2n) is 14.9. The molecular formula is C31H52O. The van der Waals surface area contributed by atoms with Crippen LogP contribution in [0.2, 0.25) is 0 Å². The molecule has 5 aliphatic rings. The van der Waals surface area contributed by atoms with E-state index in [2.05, 4.69) is 61.5 Å². The molecule has 4 fully saturated rings. The molecule has 0 heterocycles. The van der Waals surface area contributed by atoms with Crippen molar-refractivity contribution < 1.29 is 4.74 Å². The van der Waals surface area contributed by atoms with E-state index in [1.54, 1.807) is 0 Å². The summed E-state index contributed by atoms with van der Waals surface area (Å²) in [4.78, 5) is 0. The zero-order valence-corrected chi connectivity index (χ0v) is 22.8. The quantitative estimate of drug-likeness (QED) is 0.390. The van der Waals surface area contributed by atoms with Gasteiger partial charge in [0.25, 0.3) is 0 Å². The van der Waals surface area contributed by atoms with Gasteiger partial charge in [0.15, 0.2) is 0 Å². The molecule has 1 heteroatoms. The molecule has 9 atom stereocenters. The maximum atomic E-state index is 6.04. The van der Waals surface area contributed by atoms with Crippen molar-refractivity contribution in [3.63, 3.8) is 0 Å². The van der Waals surface area contributed by atoms with Crippen molar-refractivity contribution in [1.29, 1.82) is 0 Å². The molecule has 32 heavy (non-hydrogen) atoms. The van der Waals surface area contributed by atoms with Gasteiger partial charge in [-0.25, -0.2) is 0 Å². The van der Waals surface area contributed by atoms with Gasteiger partial charge in [-0.1, -0.05) is 67.0 Å². The van der Waals surface area contributed by atoms with Crippen LogP contribution in [0.5, 0.6) is 0 Å². The molecule has 0 aromatic carbocycles. The molecule has 0 spiro atoms. The van der Waals surface area contributed by atoms with Crippen LogP contribution in [0, 0.1) is 56.7 Å². The van der Waals surface area contributed by atoms with E-state index in [0.717, 1.165) is 29.6 Å². The fourth-order valence-electron chi connectivity index (χ4n) is 11.6. The molecule has 0 bridgehead atoms. The summed E-state index contributed by atoms with van der Waals surface area (Å²) in [7, 11) is 1.95. The lowest BCUT2D eigenvalue weighted by Gasteiger charge is -2.70. The molecule has 0 aliphatic heterocycles. The maximum absolute atomic E-state index is 6.04. The molecular weight excluding hydrogens is 388 g/mol. The maximum Gasteiger partial charge on any atom is 0.0625 e. The molecule has 0 radical (unpaired) electrons. The third kappa shape index (κ3) is 2.67. The fourth-order valence-corrected chi connectivity index (χ4v) is 11.6. The zero-order valence-electron chi connectivity index (χ0n) is 22.8. The van der Waals surface area contributed by atoms with Gasteiger partial charge in [-0.05, 0) is 114 Å². The minimum Gasteiger partial charge on any atom is -0.381 e. The van der Waals surface area contributed by atoms with Gasteiger partial charge in [0.2, 0.25) is 0 Å². The molecule has 4 saturated carbocycles. The van der Waals surface area contributed by atoms with Gasteiger partial charge >= 0.3 is 0 Å². The van der Waals surface area contributed by atoms with Gasteiger partial charge in [0.05, 0.1) is 6.10 Å². The summed E-state index contributed by atoms with van der Waals surface area (Å²) in [5.41, 5.74) is 4.06. The Balaban J connectivity index is 1.54. The second-order valence-corrected chi connectivity index (χ2v) is 14.9. The van der Waals surface area contributed by atoms with Gasteiger partial charge in [0.1, 0.15) is 0 Å². The second kappa shape index (κ2) is 7.11. The van der Waals surface area contributed by atoms with E-state index in [1.807, 2.05) is 12.7 Å². The monoisotopic (exact) mass is 440 g/mol. The smallest absolute Gasteiger partial charge is 0.0625 e. The molecule has 0 N–H and O–H groups in total. The van der Waals surface area contributed by atoms with Crippen LogP contribution in [-0.2, 0) is 4.74 Å². The third-order valence-corrected chi connectivity index (χ3v) is 13.5. The van der Waals surface area contributed by atoms with Gasteiger partial charge < -0.3 is 4.74 Å². The summed E-state index contributed by atoms with van der Waals surface area (Å²) >= 11 is 0. The van der Waals surface area contributed by atoms with Crippen LogP contribution in [0.3, 0.4) is 0 Å². The minimum atomic E-state index is 0.287. The number of methoxy groups -OCH3 is 1. The summed E-state index contributed by atoms with van der Waals surface area (Å²) in [6.45, 7) is 20.9. The lowest BCUT2D eigenvalue weighted by molar-refractivity contribution is -0.205. The Morgan fingerprint density at radius 3 is 2.19 bits per heavy atom. The van der Waals surface area contributed by atoms with Gasteiger partial charge in [-0.15, -0.1) is 0 Å². The highest BCUT2D eigenvalue weighted by Crippen LogP contribution is 2.76. The topological polar surface area (TPSA) is 9.23 Å². The number of fused-ring (bicyclic) bond motifs is 7. The van der Waals surface area contributed by atoms with Crippen LogP contribution in [0.25, 0.3) is 0 Å². The molecule has 5 rings (SSSR count). The van der Waals surface area contributed by atoms with Gasteiger partial charge in [-0.3, -0.25) is 0 Å². The highest BCUT2D eigenvalue weighted by atomic mass is 16.5. The summed E-state index contributed by atoms with van der Waals surface area (Å²) in [5.74, 6) is 4.20. The highest BCUT2D eigenvalue weighted by molar-refractivity contribution is 5.34. The van der Waals surface area contributed by atoms with Crippen molar-refractivity contribution in [2.45, 2.75) is 119 Å². The Hall–Kier alpha value is -0.300. The first-order valence-electron chi connectivity index (χ1n) is 14.1. The Labute approximate surface area is 199 Å². The van der Waals surface area contributed by atoms with Gasteiger partial charge in [-0.2, -0.15) is 0 Å². The first kappa shape index (κ1) is 23.4. The van der Waals surface area contributed by atoms with E-state index < -0.39 is 0 Å². The molecule has 0 amide bonds. The standard InChI is InChI=1S/C31H52O/c1-20(2)21-10-11-22-23-12-13-25-29(6)16-15-26(32-9)27(3,4)24(29)14-17-31(25,8)30(23,7)19-18-28(21,22)5/h12,20-22,24-26H,10-11,13-19H2,1-9H3. The Kier molecular flexibility index (Phi) is 5.21. The van der Waals surface area contributed by atoms with Crippen molar-refractivity contribution in [2.24, 2.45) is 56.7 Å². The van der Waals surface area contributed by atoms with Crippen LogP contribution in [0.15, 0.2) is 11.6 Å². The molecule has 5 aliphatic carbocycles. The van der Waals surface area contributed by atoms with Crippen molar-refractivity contribution in [3.05, 3.63) is 11.6 Å². The van der Waals surface area contributed by atoms with Crippen LogP contribution < -0.4 is 0 Å². The van der Waals surface area contributed by atoms with E-state index >= 15 is 0 Å². The average Bonchev–Trinajstić information content (AvgIpc) is 3.06. The Bertz CT molecular complexity index is 792. The zero-order chi connectivity index (χ0) is 23.3. The minimum absolute atomic E-state index is 0.287. The van der Waals surface area contributed by atoms with E-state index in [1.165, 1.54) is 57.8 Å². The first-order valence-corrected chi connectivity index (χ1v) is 14.1. The predicted molar refractivity (Wildman–Crippen MR) is 135 cm³/mol. The van der Waals surface area contributed by atoms with Crippen LogP contribution in [0.4, 0.5) is 0 Å². The van der Waals surface area contributed by atoms with E-state index in [9.17, 15) is 0 Å². The van der Waals surface area contributed by atoms with Crippen LogP contribution >= 0.6 is 0 Å². The lowest BCUT2D eigenvalue weighted by atomic mass is 9.34. The number of hydrogen-bond donors (Lipinski definition) is 0. The summed E-state index contributed by atoms with van der Waals surface area (Å²) < 4.78 is 6.04. The van der Waals surface area contributed by atoms with E-state index in [-0.39, 0.29) is 5.41 Å². The summed E-state index contributed by atoms with van der Waals surface area (Å²) in [6, 6.07) is 0. The molecule has 0 aromatic heterocycles. The number of allylic oxidation sites excluding steroid dienone is 2. The molecule has 9 unspecified atom stereocenters. The number of ether oxygens (including phenoxy) is 1. The highest BCUT2D eigenvalue weighted by Gasteiger charge is 2.68. The third-order valence-electron chi connectivity index (χ3n) is 13.5. The Morgan fingerprint density at radius 2 is 1.53 bits per heavy atom. The Morgan fingerprint density at radius 1 is 0.812 bits per heavy atom. The van der Waals surface area contributed by atoms with E-state index in [0.29, 0.717) is 27.8 Å². The van der Waals surface area contributed by atoms with Crippen molar-refractivity contribution >= 4 is 0 Å². The SMILES string of the molecule is COC1CCC2(C)C(CCC3(C)C2CC=C2C4CCC(C(C)C)C4(C)CCC23C)C1(C)C. The summed E-state index contributed by atoms with van der Waals surface area (Å²) in [6.07, 6.45) is 15.8. The lowest BCUT2D eigenvalue weighted by Crippen LogP contribution is -2.64. The van der Waals surface area contributed by atoms with Crippen LogP contribution in [-0.4, -0.2) is 13.2 Å². The number of hydrogen-bond acceptors (Lipinski definition) is 1. The van der Waals surface area contributed by atoms with Crippen molar-refractivity contribution in [2.75, 3.05) is 7.11 Å². The van der Waals surface area contributed by atoms with Gasteiger partial charge in [0, 0.05) is 7.11 Å². The van der Waals surface area contributed by atoms with Crippen LogP contribution in [0.1, 0.15) is 113 Å². The largest absolute Gasteiger partial charge is 0.381 e. The molecule has 1 nitrogen and oxygen atoms in total. The number of rotatable bonds is 2. The normalized spacial score (nSPS) is 54.3. The summed E-state index contributed by atoms with van der Waals surface area (Å²) in [5, 5.41) is 0. The predicted octanol–water partition coefficient (Wildman–Crippen LogP) is 8.68. The average molecular weight is 441 g/mol. The van der Waals surface area contributed by atoms with Crippen molar-refractivity contribution in [1.82, 2.24) is 0 Å². The molecule has 182 valence electrons. The molecule has 0 aromatic rings.